The summed E-state index contributed by atoms with van der Waals surface area (Å²) in [4.78, 5) is 23.7. The van der Waals surface area contributed by atoms with Crippen LogP contribution in [0.3, 0.4) is 0 Å². The molecule has 1 N–H and O–H groups in total. The van der Waals surface area contributed by atoms with Gasteiger partial charge in [-0.3, -0.25) is 9.59 Å². The van der Waals surface area contributed by atoms with Crippen LogP contribution in [-0.2, 0) is 28.5 Å². The zero-order valence-electron chi connectivity index (χ0n) is 16.3. The molecule has 2 aliphatic heterocycles. The average Bonchev–Trinajstić information content (AvgIpc) is 2.92. The third-order valence-electron chi connectivity index (χ3n) is 4.79. The van der Waals surface area contributed by atoms with E-state index in [9.17, 15) is 9.59 Å². The summed E-state index contributed by atoms with van der Waals surface area (Å²) in [5, 5.41) is 2.94. The minimum atomic E-state index is -0.809. The van der Waals surface area contributed by atoms with Crippen molar-refractivity contribution in [2.45, 2.75) is 77.0 Å². The van der Waals surface area contributed by atoms with Crippen molar-refractivity contribution >= 4 is 11.9 Å². The van der Waals surface area contributed by atoms with Gasteiger partial charge in [-0.1, -0.05) is 30.3 Å². The second kappa shape index (κ2) is 7.58. The number of hydrogen-bond donors (Lipinski definition) is 1. The maximum Gasteiger partial charge on any atom is 0.303 e. The van der Waals surface area contributed by atoms with Crippen LogP contribution in [-0.4, -0.2) is 48.2 Å². The average molecular weight is 377 g/mol. The number of nitrogens with one attached hydrogen (secondary N) is 1. The fraction of sp³-hybridized carbons (Fsp3) is 0.600. The van der Waals surface area contributed by atoms with Crippen molar-refractivity contribution in [1.29, 1.82) is 0 Å². The Balaban J connectivity index is 1.99. The van der Waals surface area contributed by atoms with Gasteiger partial charge in [0.2, 0.25) is 5.91 Å². The molecule has 0 bridgehead atoms. The molecule has 2 aliphatic rings. The van der Waals surface area contributed by atoms with E-state index < -0.39 is 36.1 Å². The van der Waals surface area contributed by atoms with Crippen LogP contribution in [0.25, 0.3) is 0 Å². The molecule has 7 nitrogen and oxygen atoms in total. The Morgan fingerprint density at radius 3 is 2.33 bits per heavy atom. The Morgan fingerprint density at radius 2 is 1.74 bits per heavy atom. The lowest BCUT2D eigenvalue weighted by molar-refractivity contribution is -0.209. The second-order valence-electron chi connectivity index (χ2n) is 7.53. The monoisotopic (exact) mass is 377 g/mol. The molecule has 2 fully saturated rings. The molecule has 0 unspecified atom stereocenters. The van der Waals surface area contributed by atoms with Gasteiger partial charge in [0.05, 0.1) is 12.1 Å². The van der Waals surface area contributed by atoms with Crippen LogP contribution in [0.15, 0.2) is 30.3 Å². The summed E-state index contributed by atoms with van der Waals surface area (Å²) >= 11 is 0. The van der Waals surface area contributed by atoms with Crippen molar-refractivity contribution in [3.63, 3.8) is 0 Å². The maximum absolute atomic E-state index is 11.9. The molecule has 27 heavy (non-hydrogen) atoms. The van der Waals surface area contributed by atoms with Gasteiger partial charge in [0.15, 0.2) is 11.9 Å². The van der Waals surface area contributed by atoms with Crippen LogP contribution in [0.2, 0.25) is 0 Å². The first-order valence-electron chi connectivity index (χ1n) is 9.18. The number of benzene rings is 1. The van der Waals surface area contributed by atoms with E-state index in [0.717, 1.165) is 5.56 Å². The first kappa shape index (κ1) is 19.8. The van der Waals surface area contributed by atoms with Crippen LogP contribution in [0.4, 0.5) is 0 Å². The van der Waals surface area contributed by atoms with Crippen molar-refractivity contribution < 1.29 is 28.5 Å². The molecule has 2 heterocycles. The highest BCUT2D eigenvalue weighted by molar-refractivity contribution is 5.73. The Morgan fingerprint density at radius 1 is 1.11 bits per heavy atom. The third kappa shape index (κ3) is 4.31. The lowest BCUT2D eigenvalue weighted by Crippen LogP contribution is -2.60. The lowest BCUT2D eigenvalue weighted by Gasteiger charge is -2.43. The van der Waals surface area contributed by atoms with Gasteiger partial charge in [0, 0.05) is 13.8 Å². The molecular formula is C20H27NO6. The minimum absolute atomic E-state index is 0.201. The lowest BCUT2D eigenvalue weighted by atomic mass is 9.88. The minimum Gasteiger partial charge on any atom is -0.457 e. The summed E-state index contributed by atoms with van der Waals surface area (Å²) in [6, 6.07) is 8.98. The predicted octanol–water partition coefficient (Wildman–Crippen LogP) is 2.10. The molecule has 148 valence electrons. The highest BCUT2D eigenvalue weighted by Gasteiger charge is 2.57. The SMILES string of the molecule is CC(=O)N[C@@H](c1ccccc1)[C@@H]1O[C@@H](C)[C@H]2OC(C)(C)O[C@H]2[C@@H]1OC(C)=O. The molecule has 1 aromatic carbocycles. The standard InChI is InChI=1S/C20H27NO6/c1-11-16-19(27-20(4,5)26-16)18(25-13(3)23)17(24-11)15(21-12(2)22)14-9-7-6-8-10-14/h6-11,15-19H,1-5H3,(H,21,22)/t11-,15-,16+,17-,18+,19+/m0/s1. The van der Waals surface area contributed by atoms with Gasteiger partial charge in [-0.05, 0) is 26.3 Å². The Hall–Kier alpha value is -1.96. The number of fused-ring (bicyclic) bond motifs is 1. The number of esters is 1. The van der Waals surface area contributed by atoms with Gasteiger partial charge in [0.1, 0.15) is 18.3 Å². The first-order valence-corrected chi connectivity index (χ1v) is 9.18. The highest BCUT2D eigenvalue weighted by Crippen LogP contribution is 2.41. The first-order chi connectivity index (χ1) is 12.7. The fourth-order valence-corrected chi connectivity index (χ4v) is 3.85. The van der Waals surface area contributed by atoms with Crippen LogP contribution in [0.1, 0.15) is 46.2 Å². The number of amides is 1. The molecule has 1 amide bonds. The Bertz CT molecular complexity index is 691. The van der Waals surface area contributed by atoms with Crippen molar-refractivity contribution in [3.8, 4) is 0 Å². The van der Waals surface area contributed by atoms with Crippen molar-refractivity contribution in [2.75, 3.05) is 0 Å². The van der Waals surface area contributed by atoms with Crippen LogP contribution < -0.4 is 5.32 Å². The van der Waals surface area contributed by atoms with Crippen molar-refractivity contribution in [3.05, 3.63) is 35.9 Å². The molecule has 0 saturated carbocycles. The zero-order valence-corrected chi connectivity index (χ0v) is 16.3. The zero-order chi connectivity index (χ0) is 19.8. The smallest absolute Gasteiger partial charge is 0.303 e. The van der Waals surface area contributed by atoms with E-state index in [1.165, 1.54) is 13.8 Å². The van der Waals surface area contributed by atoms with E-state index in [4.69, 9.17) is 18.9 Å². The molecule has 7 heteroatoms. The van der Waals surface area contributed by atoms with Gasteiger partial charge in [-0.15, -0.1) is 0 Å². The molecule has 0 radical (unpaired) electrons. The van der Waals surface area contributed by atoms with E-state index in [1.54, 1.807) is 0 Å². The van der Waals surface area contributed by atoms with E-state index in [-0.39, 0.29) is 18.1 Å². The molecule has 0 aliphatic carbocycles. The Labute approximate surface area is 159 Å². The van der Waals surface area contributed by atoms with Crippen LogP contribution in [0, 0.1) is 0 Å². The molecule has 1 aromatic rings. The number of carbonyl (C=O) groups excluding carboxylic acids is 2. The van der Waals surface area contributed by atoms with E-state index >= 15 is 0 Å². The summed E-state index contributed by atoms with van der Waals surface area (Å²) in [6.45, 7) is 8.33. The summed E-state index contributed by atoms with van der Waals surface area (Å²) in [6.07, 6.45) is -2.49. The van der Waals surface area contributed by atoms with E-state index in [0.29, 0.717) is 0 Å². The fourth-order valence-electron chi connectivity index (χ4n) is 3.85. The largest absolute Gasteiger partial charge is 0.457 e. The van der Waals surface area contributed by atoms with Gasteiger partial charge in [-0.2, -0.15) is 0 Å². The van der Waals surface area contributed by atoms with Crippen LogP contribution >= 0.6 is 0 Å². The molecule has 0 spiro atoms. The molecule has 3 rings (SSSR count). The Kier molecular flexibility index (Phi) is 5.55. The number of carbonyl (C=O) groups is 2. The molecule has 6 atom stereocenters. The summed E-state index contributed by atoms with van der Waals surface area (Å²) in [5.74, 6) is -1.45. The number of hydrogen-bond acceptors (Lipinski definition) is 6. The summed E-state index contributed by atoms with van der Waals surface area (Å²) < 4.78 is 23.9. The maximum atomic E-state index is 11.9. The number of rotatable bonds is 4. The summed E-state index contributed by atoms with van der Waals surface area (Å²) in [5.41, 5.74) is 0.860. The topological polar surface area (TPSA) is 83.1 Å². The molecule has 2 saturated heterocycles. The number of ether oxygens (including phenoxy) is 4. The van der Waals surface area contributed by atoms with E-state index in [1.807, 2.05) is 51.1 Å². The van der Waals surface area contributed by atoms with Gasteiger partial charge < -0.3 is 24.3 Å². The van der Waals surface area contributed by atoms with Gasteiger partial charge in [-0.25, -0.2) is 0 Å². The highest BCUT2D eigenvalue weighted by atomic mass is 16.8. The quantitative estimate of drug-likeness (QED) is 0.809. The normalized spacial score (nSPS) is 33.0. The molecular weight excluding hydrogens is 350 g/mol. The second-order valence-corrected chi connectivity index (χ2v) is 7.53. The van der Waals surface area contributed by atoms with Crippen molar-refractivity contribution in [2.24, 2.45) is 0 Å². The van der Waals surface area contributed by atoms with Gasteiger partial charge in [0.25, 0.3) is 0 Å². The van der Waals surface area contributed by atoms with Crippen LogP contribution in [0.5, 0.6) is 0 Å². The molecule has 0 aromatic heterocycles. The predicted molar refractivity (Wildman–Crippen MR) is 96.7 cm³/mol. The van der Waals surface area contributed by atoms with Crippen molar-refractivity contribution in [1.82, 2.24) is 5.32 Å². The van der Waals surface area contributed by atoms with E-state index in [2.05, 4.69) is 5.32 Å². The third-order valence-corrected chi connectivity index (χ3v) is 4.79. The summed E-state index contributed by atoms with van der Waals surface area (Å²) in [7, 11) is 0. The van der Waals surface area contributed by atoms with Gasteiger partial charge >= 0.3 is 5.97 Å².